The third-order valence-corrected chi connectivity index (χ3v) is 3.22. The van der Waals surface area contributed by atoms with Crippen LogP contribution in [0.25, 0.3) is 11.3 Å². The molecule has 114 valence electrons. The Morgan fingerprint density at radius 2 is 1.90 bits per heavy atom. The van der Waals surface area contributed by atoms with Gasteiger partial charge >= 0.3 is 0 Å². The topological polar surface area (TPSA) is 46.0 Å². The number of nitrogens with zero attached hydrogens (tertiary/aromatic N) is 4. The van der Waals surface area contributed by atoms with Gasteiger partial charge in [0.1, 0.15) is 11.4 Å². The molecule has 0 bridgehead atoms. The molecule has 0 unspecified atom stereocenters. The molecule has 0 spiro atoms. The Labute approximate surface area is 127 Å². The Morgan fingerprint density at radius 1 is 1.14 bits per heavy atom. The second-order valence-electron chi connectivity index (χ2n) is 5.44. The van der Waals surface area contributed by atoms with Crippen molar-refractivity contribution in [2.24, 2.45) is 0 Å². The number of rotatable bonds is 8. The van der Waals surface area contributed by atoms with E-state index in [1.807, 2.05) is 23.0 Å². The van der Waals surface area contributed by atoms with E-state index in [-0.39, 0.29) is 0 Å². The molecule has 0 aliphatic heterocycles. The van der Waals surface area contributed by atoms with Gasteiger partial charge in [0.05, 0.1) is 6.54 Å². The van der Waals surface area contributed by atoms with E-state index in [9.17, 15) is 0 Å². The number of aryl methyl sites for hydroxylation is 1. The van der Waals surface area contributed by atoms with Crippen molar-refractivity contribution in [1.82, 2.24) is 25.2 Å². The van der Waals surface area contributed by atoms with Gasteiger partial charge in [0, 0.05) is 25.2 Å². The summed E-state index contributed by atoms with van der Waals surface area (Å²) in [6, 6.07) is 10.3. The highest BCUT2D eigenvalue weighted by atomic mass is 15.5. The fourth-order valence-electron chi connectivity index (χ4n) is 2.13. The standard InChI is InChI=1S/C16H25N5/c1-4-11-21-18-15(13-17-10-12-20(2)3)16(19-21)14-8-6-5-7-9-14/h5-9,17H,4,10-13H2,1-3H3. The average molecular weight is 287 g/mol. The van der Waals surface area contributed by atoms with Gasteiger partial charge in [0.25, 0.3) is 0 Å². The van der Waals surface area contributed by atoms with E-state index in [4.69, 9.17) is 0 Å². The van der Waals surface area contributed by atoms with Gasteiger partial charge in [0.2, 0.25) is 0 Å². The first-order valence-corrected chi connectivity index (χ1v) is 7.55. The van der Waals surface area contributed by atoms with Gasteiger partial charge in [0.15, 0.2) is 0 Å². The first kappa shape index (κ1) is 15.7. The lowest BCUT2D eigenvalue weighted by molar-refractivity contribution is 0.399. The van der Waals surface area contributed by atoms with Gasteiger partial charge in [-0.3, -0.25) is 0 Å². The maximum Gasteiger partial charge on any atom is 0.117 e. The van der Waals surface area contributed by atoms with E-state index in [0.29, 0.717) is 0 Å². The molecule has 0 saturated heterocycles. The van der Waals surface area contributed by atoms with Crippen molar-refractivity contribution >= 4 is 0 Å². The molecule has 0 atom stereocenters. The minimum atomic E-state index is 0.752. The molecule has 1 aromatic carbocycles. The van der Waals surface area contributed by atoms with E-state index >= 15 is 0 Å². The minimum Gasteiger partial charge on any atom is -0.310 e. The van der Waals surface area contributed by atoms with Crippen LogP contribution in [0.3, 0.4) is 0 Å². The average Bonchev–Trinajstić information content (AvgIpc) is 2.88. The predicted molar refractivity (Wildman–Crippen MR) is 86.0 cm³/mol. The Kier molecular flexibility index (Phi) is 5.90. The van der Waals surface area contributed by atoms with E-state index in [0.717, 1.165) is 49.6 Å². The largest absolute Gasteiger partial charge is 0.310 e. The highest BCUT2D eigenvalue weighted by Gasteiger charge is 2.12. The van der Waals surface area contributed by atoms with Crippen molar-refractivity contribution in [3.05, 3.63) is 36.0 Å². The molecule has 2 aromatic rings. The number of nitrogens with one attached hydrogen (secondary N) is 1. The van der Waals surface area contributed by atoms with Crippen LogP contribution in [0.4, 0.5) is 0 Å². The maximum atomic E-state index is 4.64. The summed E-state index contributed by atoms with van der Waals surface area (Å²) in [5, 5.41) is 12.7. The summed E-state index contributed by atoms with van der Waals surface area (Å²) in [5.41, 5.74) is 3.14. The third kappa shape index (κ3) is 4.65. The smallest absolute Gasteiger partial charge is 0.117 e. The third-order valence-electron chi connectivity index (χ3n) is 3.22. The first-order valence-electron chi connectivity index (χ1n) is 7.55. The van der Waals surface area contributed by atoms with Crippen LogP contribution in [0.15, 0.2) is 30.3 Å². The number of likely N-dealkylation sites (N-methyl/N-ethyl adjacent to an activating group) is 1. The summed E-state index contributed by atoms with van der Waals surface area (Å²) in [7, 11) is 4.16. The van der Waals surface area contributed by atoms with Gasteiger partial charge in [-0.15, -0.1) is 0 Å². The van der Waals surface area contributed by atoms with Crippen LogP contribution in [-0.4, -0.2) is 47.1 Å². The van der Waals surface area contributed by atoms with Crippen molar-refractivity contribution in [2.45, 2.75) is 26.4 Å². The number of hydrogen-bond donors (Lipinski definition) is 1. The summed E-state index contributed by atoms with van der Waals surface area (Å²) in [4.78, 5) is 3.98. The molecule has 1 N–H and O–H groups in total. The maximum absolute atomic E-state index is 4.64. The Morgan fingerprint density at radius 3 is 2.57 bits per heavy atom. The van der Waals surface area contributed by atoms with Crippen LogP contribution < -0.4 is 5.32 Å². The van der Waals surface area contributed by atoms with Crippen LogP contribution >= 0.6 is 0 Å². The number of hydrogen-bond acceptors (Lipinski definition) is 4. The van der Waals surface area contributed by atoms with Crippen molar-refractivity contribution in [3.8, 4) is 11.3 Å². The highest BCUT2D eigenvalue weighted by Crippen LogP contribution is 2.19. The summed E-state index contributed by atoms with van der Waals surface area (Å²) < 4.78 is 0. The van der Waals surface area contributed by atoms with Gasteiger partial charge in [-0.2, -0.15) is 15.0 Å². The molecule has 0 saturated carbocycles. The monoisotopic (exact) mass is 287 g/mol. The van der Waals surface area contributed by atoms with Crippen LogP contribution in [0.5, 0.6) is 0 Å². The molecule has 5 heteroatoms. The zero-order chi connectivity index (χ0) is 15.1. The van der Waals surface area contributed by atoms with Gasteiger partial charge in [-0.05, 0) is 20.5 Å². The van der Waals surface area contributed by atoms with Crippen molar-refractivity contribution < 1.29 is 0 Å². The quantitative estimate of drug-likeness (QED) is 0.754. The van der Waals surface area contributed by atoms with Crippen LogP contribution in [0.1, 0.15) is 19.0 Å². The lowest BCUT2D eigenvalue weighted by Crippen LogP contribution is -2.26. The SMILES string of the molecule is CCCn1nc(CNCCN(C)C)c(-c2ccccc2)n1. The van der Waals surface area contributed by atoms with Gasteiger partial charge < -0.3 is 10.2 Å². The Hall–Kier alpha value is -1.72. The number of benzene rings is 1. The second kappa shape index (κ2) is 7.90. The zero-order valence-corrected chi connectivity index (χ0v) is 13.2. The lowest BCUT2D eigenvalue weighted by Gasteiger charge is -2.09. The fourth-order valence-corrected chi connectivity index (χ4v) is 2.13. The zero-order valence-electron chi connectivity index (χ0n) is 13.2. The van der Waals surface area contributed by atoms with Crippen molar-refractivity contribution in [2.75, 3.05) is 27.2 Å². The molecule has 0 fully saturated rings. The van der Waals surface area contributed by atoms with Gasteiger partial charge in [-0.25, -0.2) is 0 Å². The Bertz CT molecular complexity index is 533. The summed E-state index contributed by atoms with van der Waals surface area (Å²) in [6.45, 7) is 5.71. The summed E-state index contributed by atoms with van der Waals surface area (Å²) >= 11 is 0. The molecule has 1 heterocycles. The van der Waals surface area contributed by atoms with E-state index in [1.165, 1.54) is 0 Å². The number of aromatic nitrogens is 3. The van der Waals surface area contributed by atoms with E-state index in [2.05, 4.69) is 53.6 Å². The highest BCUT2D eigenvalue weighted by molar-refractivity contribution is 5.60. The molecular weight excluding hydrogens is 262 g/mol. The van der Waals surface area contributed by atoms with E-state index < -0.39 is 0 Å². The molecule has 1 aromatic heterocycles. The van der Waals surface area contributed by atoms with Gasteiger partial charge in [-0.1, -0.05) is 37.3 Å². The van der Waals surface area contributed by atoms with Crippen LogP contribution in [0.2, 0.25) is 0 Å². The molecule has 0 radical (unpaired) electrons. The molecule has 2 rings (SSSR count). The van der Waals surface area contributed by atoms with E-state index in [1.54, 1.807) is 0 Å². The summed E-state index contributed by atoms with van der Waals surface area (Å²) in [6.07, 6.45) is 1.04. The Balaban J connectivity index is 2.10. The first-order chi connectivity index (χ1) is 10.2. The molecule has 0 amide bonds. The van der Waals surface area contributed by atoms with Crippen LogP contribution in [0, 0.1) is 0 Å². The van der Waals surface area contributed by atoms with Crippen LogP contribution in [-0.2, 0) is 13.1 Å². The molecular formula is C16H25N5. The van der Waals surface area contributed by atoms with Crippen molar-refractivity contribution in [3.63, 3.8) is 0 Å². The molecule has 0 aliphatic rings. The minimum absolute atomic E-state index is 0.752. The molecule has 0 aliphatic carbocycles. The predicted octanol–water partition coefficient (Wildman–Crippen LogP) is 2.01. The normalized spacial score (nSPS) is 11.2. The second-order valence-corrected chi connectivity index (χ2v) is 5.44. The van der Waals surface area contributed by atoms with Crippen molar-refractivity contribution in [1.29, 1.82) is 0 Å². The fraction of sp³-hybridized carbons (Fsp3) is 0.500. The lowest BCUT2D eigenvalue weighted by atomic mass is 10.1. The summed E-state index contributed by atoms with van der Waals surface area (Å²) in [5.74, 6) is 0. The molecule has 5 nitrogen and oxygen atoms in total. The molecule has 21 heavy (non-hydrogen) atoms.